The Bertz CT molecular complexity index is 1110. The third-order valence-electron chi connectivity index (χ3n) is 4.16. The molecule has 0 bridgehead atoms. The van der Waals surface area contributed by atoms with Crippen LogP contribution in [0, 0.1) is 17.6 Å². The normalized spacial score (nSPS) is 10.7. The van der Waals surface area contributed by atoms with Crippen LogP contribution < -0.4 is 10.1 Å². The van der Waals surface area contributed by atoms with Gasteiger partial charge in [0.1, 0.15) is 16.3 Å². The van der Waals surface area contributed by atoms with Gasteiger partial charge in [-0.2, -0.15) is 0 Å². The number of methoxy groups -OCH3 is 1. The number of thiophene rings is 1. The topological polar surface area (TPSA) is 75.6 Å². The van der Waals surface area contributed by atoms with Gasteiger partial charge < -0.3 is 15.2 Å². The summed E-state index contributed by atoms with van der Waals surface area (Å²) in [7, 11) is 1.59. The lowest BCUT2D eigenvalue weighted by molar-refractivity contribution is 0.0699. The van der Waals surface area contributed by atoms with E-state index in [2.05, 4.69) is 73.1 Å². The molecule has 0 fully saturated rings. The fourth-order valence-electron chi connectivity index (χ4n) is 2.71. The van der Waals surface area contributed by atoms with Crippen LogP contribution in [-0.4, -0.2) is 24.1 Å². The molecule has 0 aliphatic carbocycles. The van der Waals surface area contributed by atoms with Crippen molar-refractivity contribution < 1.29 is 19.4 Å². The molecular formula is C20H14I3NO4S. The lowest BCUT2D eigenvalue weighted by atomic mass is 10.0. The molecule has 1 heterocycles. The first-order valence-electron chi connectivity index (χ1n) is 8.19. The van der Waals surface area contributed by atoms with Crippen LogP contribution in [0.5, 0.6) is 5.75 Å². The summed E-state index contributed by atoms with van der Waals surface area (Å²) in [4.78, 5) is 24.9. The van der Waals surface area contributed by atoms with Gasteiger partial charge >= 0.3 is 5.97 Å². The Balaban J connectivity index is 2.00. The first kappa shape index (κ1) is 22.7. The quantitative estimate of drug-likeness (QED) is 0.231. The molecule has 0 unspecified atom stereocenters. The number of nitrogens with one attached hydrogen (secondary N) is 1. The SMILES string of the molecule is COc1c(I)cc(C(=O)Nc2scc(-c3ccc(C)cc3)c2C(=O)O)c(I)c1I. The summed E-state index contributed by atoms with van der Waals surface area (Å²) in [5.41, 5.74) is 3.05. The van der Waals surface area contributed by atoms with Crippen LogP contribution in [0.1, 0.15) is 26.3 Å². The van der Waals surface area contributed by atoms with Crippen molar-refractivity contribution >= 4 is 96.0 Å². The molecule has 150 valence electrons. The number of hydrogen-bond donors (Lipinski definition) is 2. The smallest absolute Gasteiger partial charge is 0.339 e. The maximum atomic E-state index is 13.0. The predicted octanol–water partition coefficient (Wildman–Crippen LogP) is 6.50. The van der Waals surface area contributed by atoms with Crippen molar-refractivity contribution in [1.29, 1.82) is 0 Å². The van der Waals surface area contributed by atoms with Crippen molar-refractivity contribution in [2.75, 3.05) is 12.4 Å². The molecule has 0 atom stereocenters. The summed E-state index contributed by atoms with van der Waals surface area (Å²) in [6.45, 7) is 1.97. The minimum Gasteiger partial charge on any atom is -0.494 e. The lowest BCUT2D eigenvalue weighted by Crippen LogP contribution is -2.16. The first-order chi connectivity index (χ1) is 13.7. The summed E-state index contributed by atoms with van der Waals surface area (Å²) in [5.74, 6) is -0.713. The van der Waals surface area contributed by atoms with Crippen LogP contribution in [0.2, 0.25) is 0 Å². The van der Waals surface area contributed by atoms with E-state index in [9.17, 15) is 14.7 Å². The van der Waals surface area contributed by atoms with E-state index in [-0.39, 0.29) is 11.5 Å². The van der Waals surface area contributed by atoms with E-state index in [1.807, 2.05) is 31.2 Å². The van der Waals surface area contributed by atoms with Crippen molar-refractivity contribution in [3.8, 4) is 16.9 Å². The third-order valence-corrected chi connectivity index (χ3v) is 9.04. The maximum absolute atomic E-state index is 13.0. The van der Waals surface area contributed by atoms with Gasteiger partial charge in [-0.15, -0.1) is 11.3 Å². The average molecular weight is 745 g/mol. The number of carbonyl (C=O) groups is 2. The zero-order valence-electron chi connectivity index (χ0n) is 15.2. The molecule has 0 saturated carbocycles. The van der Waals surface area contributed by atoms with Gasteiger partial charge in [0.15, 0.2) is 0 Å². The number of carbonyl (C=O) groups excluding carboxylic acids is 1. The zero-order chi connectivity index (χ0) is 21.3. The van der Waals surface area contributed by atoms with Gasteiger partial charge in [-0.05, 0) is 86.3 Å². The Morgan fingerprint density at radius 3 is 2.34 bits per heavy atom. The molecular weight excluding hydrogens is 731 g/mol. The van der Waals surface area contributed by atoms with Gasteiger partial charge in [-0.3, -0.25) is 4.79 Å². The van der Waals surface area contributed by atoms with Gasteiger partial charge in [0.2, 0.25) is 0 Å². The molecule has 0 aliphatic rings. The van der Waals surface area contributed by atoms with E-state index in [1.54, 1.807) is 18.6 Å². The number of benzene rings is 2. The van der Waals surface area contributed by atoms with E-state index < -0.39 is 5.97 Å². The second-order valence-electron chi connectivity index (χ2n) is 6.05. The Labute approximate surface area is 212 Å². The molecule has 3 rings (SSSR count). The highest BCUT2D eigenvalue weighted by molar-refractivity contribution is 14.1. The summed E-state index contributed by atoms with van der Waals surface area (Å²) < 4.78 is 7.80. The first-order valence-corrected chi connectivity index (χ1v) is 12.3. The van der Waals surface area contributed by atoms with Crippen LogP contribution in [0.3, 0.4) is 0 Å². The van der Waals surface area contributed by atoms with Crippen molar-refractivity contribution in [1.82, 2.24) is 0 Å². The van der Waals surface area contributed by atoms with E-state index in [0.29, 0.717) is 16.1 Å². The van der Waals surface area contributed by atoms with Gasteiger partial charge in [-0.1, -0.05) is 29.8 Å². The fourth-order valence-corrected chi connectivity index (χ4v) is 6.43. The van der Waals surface area contributed by atoms with Crippen molar-refractivity contribution in [2.24, 2.45) is 0 Å². The monoisotopic (exact) mass is 745 g/mol. The number of aryl methyl sites for hydroxylation is 1. The predicted molar refractivity (Wildman–Crippen MR) is 141 cm³/mol. The maximum Gasteiger partial charge on any atom is 0.339 e. The average Bonchev–Trinajstić information content (AvgIpc) is 3.09. The van der Waals surface area contributed by atoms with Crippen LogP contribution in [0.15, 0.2) is 35.7 Å². The van der Waals surface area contributed by atoms with Crippen LogP contribution in [0.25, 0.3) is 11.1 Å². The molecule has 2 N–H and O–H groups in total. The molecule has 29 heavy (non-hydrogen) atoms. The van der Waals surface area contributed by atoms with E-state index in [4.69, 9.17) is 4.74 Å². The molecule has 0 aliphatic heterocycles. The number of rotatable bonds is 5. The highest BCUT2D eigenvalue weighted by Crippen LogP contribution is 2.37. The standard InChI is InChI=1S/C20H14I3NO4S/c1-9-3-5-10(6-4-9)12-8-29-19(14(12)20(26)27)24-18(25)11-7-13(21)17(28-2)16(23)15(11)22/h3-8H,1-2H3,(H,24,25)(H,26,27). The minimum absolute atomic E-state index is 0.0973. The number of carboxylic acids is 1. The second-order valence-corrected chi connectivity index (χ2v) is 10.2. The van der Waals surface area contributed by atoms with Crippen LogP contribution in [-0.2, 0) is 0 Å². The van der Waals surface area contributed by atoms with Crippen molar-refractivity contribution in [3.63, 3.8) is 0 Å². The third kappa shape index (κ3) is 4.71. The molecule has 0 saturated heterocycles. The molecule has 9 heteroatoms. The highest BCUT2D eigenvalue weighted by Gasteiger charge is 2.24. The van der Waals surface area contributed by atoms with Crippen molar-refractivity contribution in [3.05, 3.63) is 63.1 Å². The van der Waals surface area contributed by atoms with Gasteiger partial charge in [0.05, 0.1) is 19.8 Å². The number of amides is 1. The number of hydrogen-bond acceptors (Lipinski definition) is 4. The number of aromatic carboxylic acids is 1. The number of halogens is 3. The fraction of sp³-hybridized carbons (Fsp3) is 0.100. The molecule has 1 amide bonds. The highest BCUT2D eigenvalue weighted by atomic mass is 127. The number of carboxylic acid groups (broad SMARTS) is 1. The Morgan fingerprint density at radius 1 is 1.10 bits per heavy atom. The molecule has 2 aromatic carbocycles. The van der Waals surface area contributed by atoms with Gasteiger partial charge in [-0.25, -0.2) is 4.79 Å². The molecule has 0 radical (unpaired) electrons. The van der Waals surface area contributed by atoms with Gasteiger partial charge in [0.25, 0.3) is 5.91 Å². The summed E-state index contributed by atoms with van der Waals surface area (Å²) in [6, 6.07) is 9.37. The van der Waals surface area contributed by atoms with E-state index in [1.165, 1.54) is 11.3 Å². The zero-order valence-corrected chi connectivity index (χ0v) is 22.5. The number of ether oxygens (including phenoxy) is 1. The minimum atomic E-state index is -1.08. The molecule has 5 nitrogen and oxygen atoms in total. The molecule has 0 spiro atoms. The Morgan fingerprint density at radius 2 is 1.76 bits per heavy atom. The summed E-state index contributed by atoms with van der Waals surface area (Å²) >= 11 is 7.57. The molecule has 3 aromatic rings. The Hall–Kier alpha value is -0.930. The lowest BCUT2D eigenvalue weighted by Gasteiger charge is -2.13. The van der Waals surface area contributed by atoms with E-state index in [0.717, 1.165) is 27.6 Å². The largest absolute Gasteiger partial charge is 0.494 e. The molecule has 1 aromatic heterocycles. The Kier molecular flexibility index (Phi) is 7.43. The summed E-state index contributed by atoms with van der Waals surface area (Å²) in [6.07, 6.45) is 0. The number of anilines is 1. The summed E-state index contributed by atoms with van der Waals surface area (Å²) in [5, 5.41) is 14.6. The van der Waals surface area contributed by atoms with E-state index >= 15 is 0 Å². The van der Waals surface area contributed by atoms with Crippen LogP contribution >= 0.6 is 79.1 Å². The van der Waals surface area contributed by atoms with Gasteiger partial charge in [0, 0.05) is 14.5 Å². The second kappa shape index (κ2) is 9.47. The van der Waals surface area contributed by atoms with Crippen LogP contribution in [0.4, 0.5) is 5.00 Å². The van der Waals surface area contributed by atoms with Crippen molar-refractivity contribution in [2.45, 2.75) is 6.92 Å².